The third-order valence-electron chi connectivity index (χ3n) is 3.99. The zero-order chi connectivity index (χ0) is 20.0. The number of primary sulfonamides is 1. The van der Waals surface area contributed by atoms with E-state index in [1.54, 1.807) is 0 Å². The van der Waals surface area contributed by atoms with Gasteiger partial charge in [0.25, 0.3) is 0 Å². The summed E-state index contributed by atoms with van der Waals surface area (Å²) in [5.41, 5.74) is -1.21. The lowest BCUT2D eigenvalue weighted by Crippen LogP contribution is -2.22. The van der Waals surface area contributed by atoms with Crippen molar-refractivity contribution in [3.8, 4) is 0 Å². The van der Waals surface area contributed by atoms with Gasteiger partial charge in [-0.25, -0.2) is 22.3 Å². The van der Waals surface area contributed by atoms with E-state index in [2.05, 4.69) is 5.10 Å². The first kappa shape index (κ1) is 19.2. The molecule has 2 aromatic rings. The fraction of sp³-hybridized carbons (Fsp3) is 0.188. The van der Waals surface area contributed by atoms with Gasteiger partial charge in [-0.05, 0) is 30.3 Å². The fourth-order valence-electron chi connectivity index (χ4n) is 2.72. The van der Waals surface area contributed by atoms with Crippen molar-refractivity contribution in [3.63, 3.8) is 0 Å². The van der Waals surface area contributed by atoms with Crippen molar-refractivity contribution in [2.24, 2.45) is 10.2 Å². The maximum atomic E-state index is 14.1. The molecule has 0 amide bonds. The van der Waals surface area contributed by atoms with Crippen LogP contribution in [0.4, 0.5) is 27.6 Å². The largest absolute Gasteiger partial charge is 0.431 e. The van der Waals surface area contributed by atoms with Crippen LogP contribution in [0, 0.1) is 11.6 Å². The Kier molecular flexibility index (Phi) is 4.68. The highest BCUT2D eigenvalue weighted by molar-refractivity contribution is 7.89. The van der Waals surface area contributed by atoms with Crippen LogP contribution in [0.5, 0.6) is 0 Å². The summed E-state index contributed by atoms with van der Waals surface area (Å²) in [6.45, 7) is 0. The maximum Gasteiger partial charge on any atom is 0.431 e. The number of halogens is 5. The number of hydrogen-bond acceptors (Lipinski definition) is 4. The minimum absolute atomic E-state index is 0.0929. The molecular weight excluding hydrogens is 393 g/mol. The number of hydrogen-bond donors (Lipinski definition) is 1. The van der Waals surface area contributed by atoms with Crippen molar-refractivity contribution < 1.29 is 30.4 Å². The quantitative estimate of drug-likeness (QED) is 0.795. The topological polar surface area (TPSA) is 75.8 Å². The van der Waals surface area contributed by atoms with E-state index in [4.69, 9.17) is 5.14 Å². The normalized spacial score (nSPS) is 17.9. The van der Waals surface area contributed by atoms with Crippen LogP contribution in [0.3, 0.4) is 0 Å². The lowest BCUT2D eigenvalue weighted by Gasteiger charge is -2.24. The van der Waals surface area contributed by atoms with Crippen molar-refractivity contribution >= 4 is 21.4 Å². The van der Waals surface area contributed by atoms with E-state index in [0.717, 1.165) is 29.3 Å². The monoisotopic (exact) mass is 405 g/mol. The maximum absolute atomic E-state index is 14.1. The van der Waals surface area contributed by atoms with Crippen molar-refractivity contribution in [2.75, 3.05) is 5.01 Å². The summed E-state index contributed by atoms with van der Waals surface area (Å²) in [4.78, 5) is -0.241. The lowest BCUT2D eigenvalue weighted by atomic mass is 10.0. The first-order valence-electron chi connectivity index (χ1n) is 7.48. The molecule has 1 atom stereocenters. The van der Waals surface area contributed by atoms with Crippen molar-refractivity contribution in [3.05, 3.63) is 59.7 Å². The first-order valence-corrected chi connectivity index (χ1v) is 9.03. The van der Waals surface area contributed by atoms with Crippen molar-refractivity contribution in [1.82, 2.24) is 0 Å². The summed E-state index contributed by atoms with van der Waals surface area (Å²) in [6.07, 6.45) is -5.38. The number of rotatable bonds is 3. The second-order valence-corrected chi connectivity index (χ2v) is 7.38. The zero-order valence-corrected chi connectivity index (χ0v) is 14.2. The van der Waals surface area contributed by atoms with Gasteiger partial charge in [0.1, 0.15) is 17.3 Å². The van der Waals surface area contributed by atoms with Crippen LogP contribution < -0.4 is 10.1 Å². The van der Waals surface area contributed by atoms with Gasteiger partial charge in [-0.1, -0.05) is 6.07 Å². The summed E-state index contributed by atoms with van der Waals surface area (Å²) in [5.74, 6) is -1.87. The molecule has 0 fully saturated rings. The number of sulfonamides is 1. The average molecular weight is 405 g/mol. The molecule has 0 saturated heterocycles. The number of benzene rings is 2. The fourth-order valence-corrected chi connectivity index (χ4v) is 3.24. The second kappa shape index (κ2) is 6.57. The van der Waals surface area contributed by atoms with Crippen molar-refractivity contribution in [1.29, 1.82) is 0 Å². The summed E-state index contributed by atoms with van der Waals surface area (Å²) in [7, 11) is -3.99. The molecule has 2 N–H and O–H groups in total. The summed E-state index contributed by atoms with van der Waals surface area (Å²) >= 11 is 0. The van der Waals surface area contributed by atoms with Crippen LogP contribution in [-0.2, 0) is 10.0 Å². The molecule has 27 heavy (non-hydrogen) atoms. The predicted molar refractivity (Wildman–Crippen MR) is 87.5 cm³/mol. The Balaban J connectivity index is 2.05. The minimum Gasteiger partial charge on any atom is -0.257 e. The van der Waals surface area contributed by atoms with E-state index in [1.807, 2.05) is 0 Å². The molecule has 0 bridgehead atoms. The molecule has 0 radical (unpaired) electrons. The molecule has 1 aliphatic heterocycles. The summed E-state index contributed by atoms with van der Waals surface area (Å²) in [6, 6.07) is 6.00. The molecule has 0 aromatic heterocycles. The Labute approximate surface area is 150 Å². The summed E-state index contributed by atoms with van der Waals surface area (Å²) in [5, 5.41) is 9.44. The third-order valence-corrected chi connectivity index (χ3v) is 4.92. The Hall–Kier alpha value is -2.53. The van der Waals surface area contributed by atoms with Gasteiger partial charge < -0.3 is 0 Å². The molecule has 1 unspecified atom stereocenters. The molecule has 1 heterocycles. The standard InChI is InChI=1S/C16H12F5N3O2S/c17-9-1-6-12(13(18)7-9)14-8-15(16(19,20)21)23-24(14)10-2-4-11(5-3-10)27(22,25)26/h1-7,14H,8H2,(H2,22,25,26). The molecule has 144 valence electrons. The van der Waals surface area contributed by atoms with Crippen LogP contribution in [0.25, 0.3) is 0 Å². The van der Waals surface area contributed by atoms with Gasteiger partial charge in [0.2, 0.25) is 10.0 Å². The molecule has 11 heteroatoms. The van der Waals surface area contributed by atoms with Gasteiger partial charge in [0, 0.05) is 18.1 Å². The van der Waals surface area contributed by atoms with E-state index in [9.17, 15) is 30.4 Å². The van der Waals surface area contributed by atoms with Gasteiger partial charge >= 0.3 is 6.18 Å². The molecule has 3 rings (SSSR count). The van der Waals surface area contributed by atoms with Crippen LogP contribution >= 0.6 is 0 Å². The molecule has 0 aliphatic carbocycles. The molecular formula is C16H12F5N3O2S. The third kappa shape index (κ3) is 3.93. The number of hydrazone groups is 1. The average Bonchev–Trinajstić information content (AvgIpc) is 2.99. The van der Waals surface area contributed by atoms with Gasteiger partial charge in [0.15, 0.2) is 0 Å². The van der Waals surface area contributed by atoms with Crippen LogP contribution in [0.1, 0.15) is 18.0 Å². The minimum atomic E-state index is -4.73. The Morgan fingerprint density at radius 3 is 2.22 bits per heavy atom. The first-order chi connectivity index (χ1) is 12.5. The lowest BCUT2D eigenvalue weighted by molar-refractivity contribution is -0.0600. The molecule has 0 spiro atoms. The number of anilines is 1. The Morgan fingerprint density at radius 2 is 1.70 bits per heavy atom. The number of alkyl halides is 3. The smallest absolute Gasteiger partial charge is 0.257 e. The van der Waals surface area contributed by atoms with Gasteiger partial charge in [-0.2, -0.15) is 18.3 Å². The summed E-state index contributed by atoms with van der Waals surface area (Å²) < 4.78 is 89.3. The molecule has 2 aromatic carbocycles. The highest BCUT2D eigenvalue weighted by Gasteiger charge is 2.44. The van der Waals surface area contributed by atoms with Crippen molar-refractivity contribution in [2.45, 2.75) is 23.5 Å². The van der Waals surface area contributed by atoms with Gasteiger partial charge in [-0.3, -0.25) is 5.01 Å². The van der Waals surface area contributed by atoms with Gasteiger partial charge in [-0.15, -0.1) is 0 Å². The Morgan fingerprint density at radius 1 is 1.07 bits per heavy atom. The van der Waals surface area contributed by atoms with Crippen LogP contribution in [0.15, 0.2) is 52.5 Å². The van der Waals surface area contributed by atoms with Gasteiger partial charge in [0.05, 0.1) is 16.6 Å². The van der Waals surface area contributed by atoms with Crippen LogP contribution in [0.2, 0.25) is 0 Å². The van der Waals surface area contributed by atoms with E-state index in [1.165, 1.54) is 12.1 Å². The molecule has 1 aliphatic rings. The highest BCUT2D eigenvalue weighted by atomic mass is 32.2. The molecule has 5 nitrogen and oxygen atoms in total. The highest BCUT2D eigenvalue weighted by Crippen LogP contribution is 2.40. The molecule has 0 saturated carbocycles. The Bertz CT molecular complexity index is 1000. The number of nitrogens with two attached hydrogens (primary N) is 1. The van der Waals surface area contributed by atoms with Crippen LogP contribution in [-0.4, -0.2) is 20.3 Å². The predicted octanol–water partition coefficient (Wildman–Crippen LogP) is 3.48. The van der Waals surface area contributed by atoms with E-state index >= 15 is 0 Å². The zero-order valence-electron chi connectivity index (χ0n) is 13.4. The van der Waals surface area contributed by atoms with E-state index in [-0.39, 0.29) is 16.1 Å². The van der Waals surface area contributed by atoms with E-state index in [0.29, 0.717) is 6.07 Å². The second-order valence-electron chi connectivity index (χ2n) is 5.81. The SMILES string of the molecule is NS(=O)(=O)c1ccc(N2N=C(C(F)(F)F)CC2c2ccc(F)cc2F)cc1. The van der Waals surface area contributed by atoms with E-state index < -0.39 is 46.0 Å². The number of nitrogens with zero attached hydrogens (tertiary/aromatic N) is 2.